The van der Waals surface area contributed by atoms with E-state index >= 15 is 0 Å². The smallest absolute Gasteiger partial charge is 0.0998 e. The molecule has 0 saturated carbocycles. The molecule has 9 aromatic carbocycles. The Balaban J connectivity index is 1.12. The second-order valence-electron chi connectivity index (χ2n) is 18.7. The first-order valence-electron chi connectivity index (χ1n) is 24.7. The fourth-order valence-corrected chi connectivity index (χ4v) is 10.8. The van der Waals surface area contributed by atoms with Crippen LogP contribution in [-0.2, 0) is 0 Å². The molecule has 80 heavy (non-hydrogen) atoms. The van der Waals surface area contributed by atoms with E-state index < -0.39 is 0 Å². The summed E-state index contributed by atoms with van der Waals surface area (Å²) in [4.78, 5) is 5.13. The molecule has 0 atom stereocenters. The molecule has 0 saturated heterocycles. The number of nitrogens with zero attached hydrogens (tertiary/aromatic N) is 12. The van der Waals surface area contributed by atoms with Crippen LogP contribution in [0, 0.1) is 102 Å². The zero-order valence-corrected chi connectivity index (χ0v) is 41.7. The van der Waals surface area contributed by atoms with E-state index in [1.54, 1.807) is 85.1 Å². The maximum Gasteiger partial charge on any atom is 0.0998 e. The van der Waals surface area contributed by atoms with Crippen LogP contribution in [0.2, 0.25) is 0 Å². The summed E-state index contributed by atoms with van der Waals surface area (Å²) >= 11 is 0. The first kappa shape index (κ1) is 48.1. The average Bonchev–Trinajstić information content (AvgIpc) is 4.26. The van der Waals surface area contributed by atoms with Crippen LogP contribution < -0.4 is 0 Å². The Kier molecular flexibility index (Phi) is 11.7. The molecule has 362 valence electrons. The molecule has 0 fully saturated rings. The number of hydrogen-bond donors (Lipinski definition) is 0. The molecular weight excluding hydrogens is 985 g/mol. The Morgan fingerprint density at radius 3 is 0.912 bits per heavy atom. The van der Waals surface area contributed by atoms with Crippen molar-refractivity contribution in [3.8, 4) is 122 Å². The third-order valence-electron chi connectivity index (χ3n) is 14.5. The first-order valence-corrected chi connectivity index (χ1v) is 24.7. The minimum Gasteiger partial charge on any atom is -0.309 e. The molecule has 0 spiro atoms. The highest BCUT2D eigenvalue weighted by molar-refractivity contribution is 6.14. The Morgan fingerprint density at radius 2 is 0.588 bits per heavy atom. The van der Waals surface area contributed by atoms with Gasteiger partial charge in [0.05, 0.1) is 144 Å². The van der Waals surface area contributed by atoms with E-state index in [0.717, 1.165) is 65.9 Å². The van der Waals surface area contributed by atoms with Crippen LogP contribution in [0.25, 0.3) is 111 Å². The molecule has 0 amide bonds. The van der Waals surface area contributed by atoms with Crippen LogP contribution in [0.3, 0.4) is 0 Å². The lowest BCUT2D eigenvalue weighted by Crippen LogP contribution is -2.03. The zero-order valence-electron chi connectivity index (χ0n) is 41.7. The second-order valence-corrected chi connectivity index (χ2v) is 18.7. The summed E-state index contributed by atoms with van der Waals surface area (Å²) in [5, 5.41) is 93.6. The van der Waals surface area contributed by atoms with Crippen molar-refractivity contribution in [1.29, 1.82) is 47.4 Å². The Labute approximate surface area is 456 Å². The van der Waals surface area contributed by atoms with Gasteiger partial charge in [-0.1, -0.05) is 48.5 Å². The minimum atomic E-state index is 0.334. The maximum absolute atomic E-state index is 10.6. The van der Waals surface area contributed by atoms with Gasteiger partial charge in [0.15, 0.2) is 0 Å². The van der Waals surface area contributed by atoms with Crippen LogP contribution in [0.15, 0.2) is 182 Å². The molecular formula is C68H30N12. The van der Waals surface area contributed by atoms with Crippen molar-refractivity contribution in [2.24, 2.45) is 0 Å². The number of benzene rings is 9. The molecule has 0 aliphatic carbocycles. The molecule has 0 unspecified atom stereocenters. The highest BCUT2D eigenvalue weighted by atomic mass is 15.0. The fourth-order valence-electron chi connectivity index (χ4n) is 10.8. The van der Waals surface area contributed by atoms with E-state index in [4.69, 9.17) is 4.98 Å². The molecule has 12 rings (SSSR count). The summed E-state index contributed by atoms with van der Waals surface area (Å²) < 4.78 is 4.22. The fraction of sp³-hybridized carbons (Fsp3) is 0. The SMILES string of the molecule is N#Cc1ccc(-c2ccc3c(c2)c2cc(-c4ccc(C#N)cc4C#N)ccc2n3-c2ccc(C#N)cc2-c2ncccc2-n2c3ccc(-c4ccc(C#N)cc4C#N)cc3c3cc(-c4ccc(C#N)cc4C#N)ccc32)c(C#N)c1. The summed E-state index contributed by atoms with van der Waals surface area (Å²) in [6.45, 7) is 0. The van der Waals surface area contributed by atoms with Crippen molar-refractivity contribution < 1.29 is 0 Å². The molecule has 0 aliphatic rings. The number of aromatic nitrogens is 3. The van der Waals surface area contributed by atoms with Crippen molar-refractivity contribution in [3.05, 3.63) is 232 Å². The van der Waals surface area contributed by atoms with Crippen molar-refractivity contribution >= 4 is 43.6 Å². The Morgan fingerprint density at radius 1 is 0.275 bits per heavy atom. The lowest BCUT2D eigenvalue weighted by Gasteiger charge is -2.18. The highest BCUT2D eigenvalue weighted by Gasteiger charge is 2.24. The van der Waals surface area contributed by atoms with Crippen molar-refractivity contribution in [2.75, 3.05) is 0 Å². The van der Waals surface area contributed by atoms with Crippen LogP contribution in [0.1, 0.15) is 50.1 Å². The van der Waals surface area contributed by atoms with Gasteiger partial charge in [0, 0.05) is 33.3 Å². The van der Waals surface area contributed by atoms with Gasteiger partial charge in [-0.3, -0.25) is 4.98 Å². The topological polar surface area (TPSA) is 237 Å². The molecule has 12 heteroatoms. The number of nitriles is 9. The molecule has 0 aliphatic heterocycles. The van der Waals surface area contributed by atoms with E-state index in [2.05, 4.69) is 63.8 Å². The van der Waals surface area contributed by atoms with E-state index in [9.17, 15) is 47.4 Å². The molecule has 0 radical (unpaired) electrons. The summed E-state index contributed by atoms with van der Waals surface area (Å²) in [6.07, 6.45) is 1.70. The highest BCUT2D eigenvalue weighted by Crippen LogP contribution is 2.44. The molecule has 12 aromatic rings. The van der Waals surface area contributed by atoms with Gasteiger partial charge in [-0.15, -0.1) is 0 Å². The van der Waals surface area contributed by atoms with Gasteiger partial charge in [0.1, 0.15) is 0 Å². The Hall–Kier alpha value is -12.9. The monoisotopic (exact) mass is 1010 g/mol. The van der Waals surface area contributed by atoms with Crippen LogP contribution in [0.4, 0.5) is 0 Å². The third kappa shape index (κ3) is 7.82. The van der Waals surface area contributed by atoms with Gasteiger partial charge in [0.2, 0.25) is 0 Å². The van der Waals surface area contributed by atoms with Crippen molar-refractivity contribution in [3.63, 3.8) is 0 Å². The first-order chi connectivity index (χ1) is 39.2. The lowest BCUT2D eigenvalue weighted by molar-refractivity contribution is 1.13. The predicted molar refractivity (Wildman–Crippen MR) is 303 cm³/mol. The van der Waals surface area contributed by atoms with Gasteiger partial charge in [0.25, 0.3) is 0 Å². The average molecular weight is 1020 g/mol. The maximum atomic E-state index is 10.6. The number of rotatable bonds is 7. The number of hydrogen-bond acceptors (Lipinski definition) is 10. The minimum absolute atomic E-state index is 0.334. The predicted octanol–water partition coefficient (Wildman–Crippen LogP) is 14.5. The van der Waals surface area contributed by atoms with E-state index in [0.29, 0.717) is 95.0 Å². The van der Waals surface area contributed by atoms with Crippen molar-refractivity contribution in [2.45, 2.75) is 0 Å². The summed E-state index contributed by atoms with van der Waals surface area (Å²) in [5.74, 6) is 0. The summed E-state index contributed by atoms with van der Waals surface area (Å²) in [5.41, 5.74) is 14.2. The molecule has 0 bridgehead atoms. The van der Waals surface area contributed by atoms with E-state index in [-0.39, 0.29) is 0 Å². The molecule has 12 nitrogen and oxygen atoms in total. The molecule has 3 heterocycles. The van der Waals surface area contributed by atoms with E-state index in [1.807, 2.05) is 97.1 Å². The Bertz CT molecular complexity index is 4880. The normalized spacial score (nSPS) is 10.6. The number of pyridine rings is 1. The molecule has 0 N–H and O–H groups in total. The summed E-state index contributed by atoms with van der Waals surface area (Å²) in [7, 11) is 0. The van der Waals surface area contributed by atoms with Crippen molar-refractivity contribution in [1.82, 2.24) is 14.1 Å². The largest absolute Gasteiger partial charge is 0.309 e. The van der Waals surface area contributed by atoms with Gasteiger partial charge >= 0.3 is 0 Å². The standard InChI is InChI=1S/C68H30N12/c69-31-40-3-12-53(49(22-40)36-74)45-8-17-62-57(27-45)58-28-46(54-13-4-41(32-70)23-50(54)37-75)9-18-63(58)79(62)66-16-7-44(35-73)26-61(66)68-67(2-1-21-78-68)80-64-19-10-47(55-14-5-42(33-71)24-51(55)38-76)29-59(64)60-30-48(11-20-65(60)80)56-15-6-43(34-72)25-52(56)39-77/h1-30H. The van der Waals surface area contributed by atoms with Gasteiger partial charge < -0.3 is 9.13 Å². The van der Waals surface area contributed by atoms with Gasteiger partial charge in [-0.2, -0.15) is 47.4 Å². The van der Waals surface area contributed by atoms with Gasteiger partial charge in [-0.05, 0) is 172 Å². The van der Waals surface area contributed by atoms with Gasteiger partial charge in [-0.25, -0.2) is 0 Å². The number of fused-ring (bicyclic) bond motifs is 6. The zero-order chi connectivity index (χ0) is 55.2. The second kappa shape index (κ2) is 19.4. The lowest BCUT2D eigenvalue weighted by atomic mass is 9.95. The van der Waals surface area contributed by atoms with Crippen LogP contribution in [-0.4, -0.2) is 14.1 Å². The van der Waals surface area contributed by atoms with Crippen LogP contribution in [0.5, 0.6) is 0 Å². The van der Waals surface area contributed by atoms with E-state index in [1.165, 1.54) is 0 Å². The van der Waals surface area contributed by atoms with Crippen LogP contribution >= 0.6 is 0 Å². The quantitative estimate of drug-likeness (QED) is 0.146. The molecule has 3 aromatic heterocycles. The summed E-state index contributed by atoms with van der Waals surface area (Å²) in [6, 6.07) is 72.9. The third-order valence-corrected chi connectivity index (χ3v) is 14.5.